The Kier molecular flexibility index (Phi) is 7.29. The molecule has 1 aromatic carbocycles. The molecule has 9 heteroatoms. The minimum Gasteiger partial charge on any atom is -0.469 e. The lowest BCUT2D eigenvalue weighted by Gasteiger charge is -2.26. The fourth-order valence-corrected chi connectivity index (χ4v) is 3.35. The maximum atomic E-state index is 11.7. The molecule has 1 aromatic heterocycles. The SMILES string of the molecule is CCc1cc(N(CCC(=O)OC)C[C@H]2CCCO2)nc(-c2ccc([N+](=O)[O-])cc2)n1. The lowest BCUT2D eigenvalue weighted by atomic mass is 10.1. The molecule has 0 unspecified atom stereocenters. The number of ether oxygens (including phenoxy) is 2. The quantitative estimate of drug-likeness (QED) is 0.350. The highest BCUT2D eigenvalue weighted by Crippen LogP contribution is 2.24. The van der Waals surface area contributed by atoms with Crippen LogP contribution in [0.25, 0.3) is 11.4 Å². The zero-order valence-corrected chi connectivity index (χ0v) is 17.2. The molecule has 9 nitrogen and oxygen atoms in total. The average molecular weight is 414 g/mol. The van der Waals surface area contributed by atoms with Crippen molar-refractivity contribution >= 4 is 17.5 Å². The van der Waals surface area contributed by atoms with Crippen LogP contribution in [0.4, 0.5) is 11.5 Å². The molecule has 1 saturated heterocycles. The molecule has 160 valence electrons. The lowest BCUT2D eigenvalue weighted by Crippen LogP contribution is -2.35. The van der Waals surface area contributed by atoms with E-state index in [4.69, 9.17) is 14.5 Å². The third-order valence-corrected chi connectivity index (χ3v) is 5.05. The van der Waals surface area contributed by atoms with Crippen molar-refractivity contribution in [3.8, 4) is 11.4 Å². The Bertz CT molecular complexity index is 881. The largest absolute Gasteiger partial charge is 0.469 e. The average Bonchev–Trinajstić information content (AvgIpc) is 3.29. The zero-order valence-electron chi connectivity index (χ0n) is 17.2. The van der Waals surface area contributed by atoms with E-state index in [9.17, 15) is 14.9 Å². The first-order valence-corrected chi connectivity index (χ1v) is 10.1. The highest BCUT2D eigenvalue weighted by atomic mass is 16.6. The van der Waals surface area contributed by atoms with Crippen LogP contribution < -0.4 is 4.90 Å². The Balaban J connectivity index is 1.91. The molecule has 0 bridgehead atoms. The number of aromatic nitrogens is 2. The van der Waals surface area contributed by atoms with E-state index in [0.29, 0.717) is 36.7 Å². The number of anilines is 1. The van der Waals surface area contributed by atoms with Crippen molar-refractivity contribution in [3.05, 3.63) is 46.1 Å². The molecule has 1 atom stereocenters. The summed E-state index contributed by atoms with van der Waals surface area (Å²) in [5.41, 5.74) is 1.56. The number of hydrogen-bond donors (Lipinski definition) is 0. The number of carbonyl (C=O) groups is 1. The first kappa shape index (κ1) is 21.6. The van der Waals surface area contributed by atoms with Gasteiger partial charge in [-0.3, -0.25) is 14.9 Å². The number of non-ortho nitro benzene ring substituents is 1. The van der Waals surface area contributed by atoms with Crippen molar-refractivity contribution in [2.24, 2.45) is 0 Å². The molecule has 1 fully saturated rings. The third kappa shape index (κ3) is 5.50. The van der Waals surface area contributed by atoms with Gasteiger partial charge in [0.15, 0.2) is 5.82 Å². The van der Waals surface area contributed by atoms with Gasteiger partial charge in [0.1, 0.15) is 5.82 Å². The number of nitro benzene ring substituents is 1. The number of rotatable bonds is 9. The summed E-state index contributed by atoms with van der Waals surface area (Å²) in [4.78, 5) is 33.5. The standard InChI is InChI=1S/C21H26N4O5/c1-3-16-13-19(23-21(22-16)15-6-8-17(9-7-15)25(27)28)24(11-10-20(26)29-2)14-18-5-4-12-30-18/h6-9,13,18H,3-5,10-12,14H2,1-2H3/t18-/m1/s1. The minimum atomic E-state index is -0.436. The molecule has 2 heterocycles. The van der Waals surface area contributed by atoms with Crippen molar-refractivity contribution in [1.82, 2.24) is 9.97 Å². The van der Waals surface area contributed by atoms with Gasteiger partial charge in [-0.05, 0) is 31.4 Å². The van der Waals surface area contributed by atoms with Crippen LogP contribution in [-0.2, 0) is 20.7 Å². The molecule has 2 aromatic rings. The molecule has 0 radical (unpaired) electrons. The van der Waals surface area contributed by atoms with Crippen LogP contribution >= 0.6 is 0 Å². The normalized spacial score (nSPS) is 15.7. The molecule has 1 aliphatic heterocycles. The maximum Gasteiger partial charge on any atom is 0.307 e. The number of methoxy groups -OCH3 is 1. The summed E-state index contributed by atoms with van der Waals surface area (Å²) in [7, 11) is 1.37. The predicted octanol–water partition coefficient (Wildman–Crippen LogP) is 3.16. The molecule has 3 rings (SSSR count). The number of nitrogens with zero attached hydrogens (tertiary/aromatic N) is 4. The van der Waals surface area contributed by atoms with Crippen LogP contribution in [0.3, 0.4) is 0 Å². The molecule has 0 amide bonds. The third-order valence-electron chi connectivity index (χ3n) is 5.05. The molecule has 1 aliphatic rings. The van der Waals surface area contributed by atoms with E-state index in [0.717, 1.165) is 25.1 Å². The number of hydrogen-bond acceptors (Lipinski definition) is 8. The molecule has 0 saturated carbocycles. The highest BCUT2D eigenvalue weighted by molar-refractivity contribution is 5.70. The van der Waals surface area contributed by atoms with E-state index < -0.39 is 4.92 Å². The van der Waals surface area contributed by atoms with E-state index in [1.54, 1.807) is 12.1 Å². The molecular weight excluding hydrogens is 388 g/mol. The van der Waals surface area contributed by atoms with Gasteiger partial charge in [0.2, 0.25) is 0 Å². The summed E-state index contributed by atoms with van der Waals surface area (Å²) in [6, 6.07) is 8.10. The van der Waals surface area contributed by atoms with E-state index in [2.05, 4.69) is 4.98 Å². The van der Waals surface area contributed by atoms with Crippen molar-refractivity contribution < 1.29 is 19.2 Å². The molecule has 30 heavy (non-hydrogen) atoms. The summed E-state index contributed by atoms with van der Waals surface area (Å²) >= 11 is 0. The first-order chi connectivity index (χ1) is 14.5. The Labute approximate surface area is 175 Å². The van der Waals surface area contributed by atoms with Crippen molar-refractivity contribution in [1.29, 1.82) is 0 Å². The number of benzene rings is 1. The fourth-order valence-electron chi connectivity index (χ4n) is 3.35. The van der Waals surface area contributed by atoms with Crippen LogP contribution in [0.1, 0.15) is 31.9 Å². The summed E-state index contributed by atoms with van der Waals surface area (Å²) < 4.78 is 10.6. The molecule has 0 N–H and O–H groups in total. The predicted molar refractivity (Wildman–Crippen MR) is 111 cm³/mol. The minimum absolute atomic E-state index is 0.0173. The van der Waals surface area contributed by atoms with Gasteiger partial charge in [0.05, 0.1) is 24.6 Å². The maximum absolute atomic E-state index is 11.7. The van der Waals surface area contributed by atoms with Gasteiger partial charge in [-0.25, -0.2) is 9.97 Å². The van der Waals surface area contributed by atoms with E-state index in [1.165, 1.54) is 19.2 Å². The Morgan fingerprint density at radius 2 is 2.10 bits per heavy atom. The summed E-state index contributed by atoms with van der Waals surface area (Å²) in [5, 5.41) is 10.9. The molecule has 0 aliphatic carbocycles. The summed E-state index contributed by atoms with van der Waals surface area (Å²) in [6.07, 6.45) is 3.02. The highest BCUT2D eigenvalue weighted by Gasteiger charge is 2.22. The van der Waals surface area contributed by atoms with Gasteiger partial charge in [-0.2, -0.15) is 0 Å². The lowest BCUT2D eigenvalue weighted by molar-refractivity contribution is -0.384. The molecule has 0 spiro atoms. The summed E-state index contributed by atoms with van der Waals surface area (Å²) in [6.45, 7) is 3.82. The number of aryl methyl sites for hydroxylation is 1. The zero-order chi connectivity index (χ0) is 21.5. The number of esters is 1. The van der Waals surface area contributed by atoms with Gasteiger partial charge >= 0.3 is 5.97 Å². The van der Waals surface area contributed by atoms with Gasteiger partial charge < -0.3 is 14.4 Å². The van der Waals surface area contributed by atoms with Crippen molar-refractivity contribution in [2.75, 3.05) is 31.7 Å². The monoisotopic (exact) mass is 414 g/mol. The van der Waals surface area contributed by atoms with Crippen molar-refractivity contribution in [2.45, 2.75) is 38.7 Å². The van der Waals surface area contributed by atoms with Crippen LogP contribution in [0.5, 0.6) is 0 Å². The van der Waals surface area contributed by atoms with E-state index >= 15 is 0 Å². The van der Waals surface area contributed by atoms with Gasteiger partial charge in [-0.1, -0.05) is 6.92 Å². The van der Waals surface area contributed by atoms with Crippen LogP contribution in [0, 0.1) is 10.1 Å². The Hall–Kier alpha value is -3.07. The van der Waals surface area contributed by atoms with Gasteiger partial charge in [0, 0.05) is 49.2 Å². The second kappa shape index (κ2) is 10.1. The Morgan fingerprint density at radius 3 is 2.70 bits per heavy atom. The first-order valence-electron chi connectivity index (χ1n) is 10.1. The van der Waals surface area contributed by atoms with E-state index in [-0.39, 0.29) is 24.2 Å². The van der Waals surface area contributed by atoms with E-state index in [1.807, 2.05) is 17.9 Å². The second-order valence-corrected chi connectivity index (χ2v) is 7.11. The van der Waals surface area contributed by atoms with Crippen LogP contribution in [-0.4, -0.2) is 53.8 Å². The topological polar surface area (TPSA) is 108 Å². The van der Waals surface area contributed by atoms with Gasteiger partial charge in [0.25, 0.3) is 5.69 Å². The smallest absolute Gasteiger partial charge is 0.307 e. The fraction of sp³-hybridized carbons (Fsp3) is 0.476. The van der Waals surface area contributed by atoms with Crippen LogP contribution in [0.2, 0.25) is 0 Å². The van der Waals surface area contributed by atoms with Crippen molar-refractivity contribution in [3.63, 3.8) is 0 Å². The molecular formula is C21H26N4O5. The number of carbonyl (C=O) groups excluding carboxylic acids is 1. The van der Waals surface area contributed by atoms with Gasteiger partial charge in [-0.15, -0.1) is 0 Å². The summed E-state index contributed by atoms with van der Waals surface area (Å²) in [5.74, 6) is 0.914. The number of nitro groups is 1. The van der Waals surface area contributed by atoms with Crippen LogP contribution in [0.15, 0.2) is 30.3 Å². The Morgan fingerprint density at radius 1 is 1.33 bits per heavy atom. The second-order valence-electron chi connectivity index (χ2n) is 7.11.